The van der Waals surface area contributed by atoms with E-state index in [0.29, 0.717) is 0 Å². The molecule has 0 nitrogen and oxygen atoms in total. The largest absolute Gasteiger partial charge is 0.161 e. The van der Waals surface area contributed by atoms with E-state index in [0.717, 1.165) is 0 Å². The molecule has 0 rings (SSSR count). The molecule has 0 aromatic carbocycles. The third-order valence-electron chi connectivity index (χ3n) is 4.10. The highest BCUT2D eigenvalue weighted by molar-refractivity contribution is 7.03. The summed E-state index contributed by atoms with van der Waals surface area (Å²) in [5.41, 5.74) is 0. The van der Waals surface area contributed by atoms with Crippen LogP contribution in [0.15, 0.2) is 45.1 Å². The summed E-state index contributed by atoms with van der Waals surface area (Å²) in [4.78, 5) is 0. The molecule has 0 aromatic rings. The molecule has 0 spiro atoms. The van der Waals surface area contributed by atoms with Crippen LogP contribution in [0.3, 0.4) is 0 Å². The molecule has 0 aliphatic rings. The molecular weight excluding hydrogens is 220 g/mol. The Morgan fingerprint density at radius 3 is 0.824 bits per heavy atom. The third kappa shape index (κ3) is 2.71. The fourth-order valence-corrected chi connectivity index (χ4v) is 8.20. The van der Waals surface area contributed by atoms with E-state index >= 15 is 0 Å². The Hall–Kier alpha value is -0.823. The summed E-state index contributed by atoms with van der Waals surface area (Å²) in [6, 6.07) is 0. The normalized spacial score (nSPS) is 19.3. The fourth-order valence-electron chi connectivity index (χ4n) is 2.73. The fraction of sp³-hybridized carbons (Fsp3) is 0.500. The Morgan fingerprint density at radius 2 is 0.706 bits per heavy atom. The van der Waals surface area contributed by atoms with Gasteiger partial charge in [0, 0.05) is 0 Å². The maximum absolute atomic E-state index is 2.29. The highest BCUT2D eigenvalue weighted by atomic mass is 28.3. The Labute approximate surface area is 109 Å². The van der Waals surface area contributed by atoms with Gasteiger partial charge in [0.05, 0.1) is 0 Å². The molecule has 17 heavy (non-hydrogen) atoms. The first-order valence-electron chi connectivity index (χ1n) is 6.46. The van der Waals surface area contributed by atoms with Crippen LogP contribution in [0.5, 0.6) is 0 Å². The molecule has 0 atom stereocenters. The summed E-state index contributed by atoms with van der Waals surface area (Å²) in [6.07, 6.45) is 9.16. The first-order chi connectivity index (χ1) is 7.93. The van der Waals surface area contributed by atoms with Gasteiger partial charge in [-0.25, -0.2) is 0 Å². The Morgan fingerprint density at radius 1 is 0.529 bits per heavy atom. The van der Waals surface area contributed by atoms with Crippen molar-refractivity contribution in [2.24, 2.45) is 0 Å². The summed E-state index contributed by atoms with van der Waals surface area (Å²) < 4.78 is 0. The summed E-state index contributed by atoms with van der Waals surface area (Å²) in [7, 11) is -1.76. The molecule has 1 heteroatoms. The van der Waals surface area contributed by atoms with Crippen molar-refractivity contribution in [3.8, 4) is 0 Å². The minimum Gasteiger partial charge on any atom is -0.0916 e. The standard InChI is InChI=1S/C16H28Si/c1-9-13(5)17(14(6)10-2,15(7)11-3)16(8)12-4/h9-12H,1-8H3. The highest BCUT2D eigenvalue weighted by Gasteiger charge is 2.39. The lowest BCUT2D eigenvalue weighted by atomic mass is 10.5. The van der Waals surface area contributed by atoms with Gasteiger partial charge in [0.1, 0.15) is 0 Å². The van der Waals surface area contributed by atoms with Gasteiger partial charge in [-0.15, -0.1) is 0 Å². The summed E-state index contributed by atoms with van der Waals surface area (Å²) >= 11 is 0. The number of hydrogen-bond acceptors (Lipinski definition) is 0. The maximum atomic E-state index is 2.29. The summed E-state index contributed by atoms with van der Waals surface area (Å²) in [5.74, 6) is 0. The van der Waals surface area contributed by atoms with Crippen LogP contribution in [0.4, 0.5) is 0 Å². The van der Waals surface area contributed by atoms with Crippen molar-refractivity contribution >= 4 is 8.07 Å². The minimum atomic E-state index is -1.76. The van der Waals surface area contributed by atoms with Crippen LogP contribution < -0.4 is 0 Å². The van der Waals surface area contributed by atoms with E-state index in [1.54, 1.807) is 20.8 Å². The smallest absolute Gasteiger partial charge is 0.0916 e. The van der Waals surface area contributed by atoms with E-state index in [1.165, 1.54) is 0 Å². The number of hydrogen-bond donors (Lipinski definition) is 0. The van der Waals surface area contributed by atoms with Gasteiger partial charge >= 0.3 is 0 Å². The lowest BCUT2D eigenvalue weighted by Gasteiger charge is -2.36. The molecule has 0 saturated heterocycles. The zero-order valence-electron chi connectivity index (χ0n) is 12.8. The topological polar surface area (TPSA) is 0 Å². The molecule has 96 valence electrons. The van der Waals surface area contributed by atoms with Crippen molar-refractivity contribution in [2.45, 2.75) is 55.4 Å². The molecule has 0 aliphatic carbocycles. The summed E-state index contributed by atoms with van der Waals surface area (Å²) in [6.45, 7) is 17.8. The summed E-state index contributed by atoms with van der Waals surface area (Å²) in [5, 5.41) is 6.16. The van der Waals surface area contributed by atoms with Crippen LogP contribution in [0.25, 0.3) is 0 Å². The van der Waals surface area contributed by atoms with Crippen molar-refractivity contribution in [2.75, 3.05) is 0 Å². The van der Waals surface area contributed by atoms with Crippen LogP contribution in [-0.2, 0) is 0 Å². The second kappa shape index (κ2) is 6.80. The number of rotatable bonds is 4. The van der Waals surface area contributed by atoms with Crippen LogP contribution in [0, 0.1) is 0 Å². The van der Waals surface area contributed by atoms with E-state index in [1.807, 2.05) is 0 Å². The molecule has 0 saturated carbocycles. The molecule has 0 unspecified atom stereocenters. The molecule has 0 heterocycles. The van der Waals surface area contributed by atoms with Crippen molar-refractivity contribution in [1.82, 2.24) is 0 Å². The molecule has 0 amide bonds. The Bertz CT molecular complexity index is 301. The molecular formula is C16H28Si. The monoisotopic (exact) mass is 248 g/mol. The van der Waals surface area contributed by atoms with Gasteiger partial charge in [0.2, 0.25) is 0 Å². The quantitative estimate of drug-likeness (QED) is 0.580. The molecule has 0 aromatic heterocycles. The highest BCUT2D eigenvalue weighted by Crippen LogP contribution is 2.36. The van der Waals surface area contributed by atoms with Crippen LogP contribution >= 0.6 is 0 Å². The third-order valence-corrected chi connectivity index (χ3v) is 9.98. The molecule has 0 aliphatic heterocycles. The van der Waals surface area contributed by atoms with Gasteiger partial charge in [0.25, 0.3) is 0 Å². The van der Waals surface area contributed by atoms with E-state index in [4.69, 9.17) is 0 Å². The molecule has 0 bridgehead atoms. The van der Waals surface area contributed by atoms with Gasteiger partial charge in [0.15, 0.2) is 8.07 Å². The number of allylic oxidation sites excluding steroid dienone is 8. The van der Waals surface area contributed by atoms with Crippen molar-refractivity contribution in [3.63, 3.8) is 0 Å². The van der Waals surface area contributed by atoms with Crippen molar-refractivity contribution in [3.05, 3.63) is 45.1 Å². The van der Waals surface area contributed by atoms with Crippen LogP contribution in [0.2, 0.25) is 0 Å². The van der Waals surface area contributed by atoms with Crippen LogP contribution in [-0.4, -0.2) is 8.07 Å². The second-order valence-corrected chi connectivity index (χ2v) is 9.29. The Kier molecular flexibility index (Phi) is 6.47. The van der Waals surface area contributed by atoms with Gasteiger partial charge in [-0.2, -0.15) is 0 Å². The SMILES string of the molecule is CC=C(C)[Si](C(C)=CC)(C(C)=CC)C(C)=CC. The maximum Gasteiger partial charge on any atom is 0.161 e. The zero-order valence-corrected chi connectivity index (χ0v) is 13.8. The predicted octanol–water partition coefficient (Wildman–Crippen LogP) is 5.46. The molecule has 0 radical (unpaired) electrons. The van der Waals surface area contributed by atoms with Crippen LogP contribution in [0.1, 0.15) is 55.4 Å². The second-order valence-electron chi connectivity index (χ2n) is 4.64. The first kappa shape index (κ1) is 16.2. The van der Waals surface area contributed by atoms with E-state index in [-0.39, 0.29) is 0 Å². The average molecular weight is 248 g/mol. The van der Waals surface area contributed by atoms with E-state index in [2.05, 4.69) is 79.7 Å². The molecule has 0 fully saturated rings. The minimum absolute atomic E-state index is 1.54. The molecule has 0 N–H and O–H groups in total. The predicted molar refractivity (Wildman–Crippen MR) is 83.5 cm³/mol. The van der Waals surface area contributed by atoms with E-state index in [9.17, 15) is 0 Å². The lowest BCUT2D eigenvalue weighted by molar-refractivity contribution is 1.35. The van der Waals surface area contributed by atoms with Gasteiger partial charge in [-0.1, -0.05) is 45.1 Å². The van der Waals surface area contributed by atoms with Crippen molar-refractivity contribution in [1.29, 1.82) is 0 Å². The zero-order chi connectivity index (χ0) is 13.6. The van der Waals surface area contributed by atoms with Gasteiger partial charge in [-0.3, -0.25) is 0 Å². The Balaban J connectivity index is 6.31. The van der Waals surface area contributed by atoms with Crippen molar-refractivity contribution < 1.29 is 0 Å². The average Bonchev–Trinajstić information content (AvgIpc) is 2.37. The van der Waals surface area contributed by atoms with Gasteiger partial charge < -0.3 is 0 Å². The lowest BCUT2D eigenvalue weighted by Crippen LogP contribution is -2.42. The first-order valence-corrected chi connectivity index (χ1v) is 8.46. The van der Waals surface area contributed by atoms with E-state index < -0.39 is 8.07 Å². The van der Waals surface area contributed by atoms with Gasteiger partial charge in [-0.05, 0) is 55.4 Å².